The molecule has 0 aromatic heterocycles. The minimum absolute atomic E-state index is 1.08. The lowest BCUT2D eigenvalue weighted by Gasteiger charge is -2.26. The second-order valence-electron chi connectivity index (χ2n) is 17.6. The second kappa shape index (κ2) is 18.3. The molecule has 0 heterocycles. The van der Waals surface area contributed by atoms with Crippen LogP contribution in [0.5, 0.6) is 0 Å². The molecule has 0 radical (unpaired) electrons. The lowest BCUT2D eigenvalue weighted by atomic mass is 9.84. The Morgan fingerprint density at radius 2 is 0.493 bits per heavy atom. The summed E-state index contributed by atoms with van der Waals surface area (Å²) in [5, 5.41) is 4.99. The average Bonchev–Trinajstić information content (AvgIpc) is 3.44. The van der Waals surface area contributed by atoms with Crippen molar-refractivity contribution in [3.63, 3.8) is 0 Å². The molecule has 0 aliphatic rings. The number of fused-ring (bicyclic) bond motifs is 3. The summed E-state index contributed by atoms with van der Waals surface area (Å²) in [4.78, 5) is 2.37. The standard InChI is InChI=1S/C68H47N/c1-6-19-48(20-7-1)49-33-40-57(41-34-49)69(59-44-37-52(38-45-59)61-32-18-31-60(51-21-8-2-9-22-51)66(61)53-23-10-3-11-24-53)58-42-35-50(36-43-58)56-39-46-64-65(47-56)62-29-16-17-30-63(62)67(54-25-12-4-13-26-54)68(64)55-27-14-5-15-28-55/h1-47H. The van der Waals surface area contributed by atoms with Gasteiger partial charge >= 0.3 is 0 Å². The van der Waals surface area contributed by atoms with E-state index in [-0.39, 0.29) is 0 Å². The fraction of sp³-hybridized carbons (Fsp3) is 0. The Labute approximate surface area is 404 Å². The molecule has 0 bridgehead atoms. The van der Waals surface area contributed by atoms with Crippen LogP contribution >= 0.6 is 0 Å². The molecular weight excluding hydrogens is 831 g/mol. The molecule has 1 nitrogen and oxygen atoms in total. The van der Waals surface area contributed by atoms with E-state index in [9.17, 15) is 0 Å². The van der Waals surface area contributed by atoms with Gasteiger partial charge in [0.05, 0.1) is 0 Å². The van der Waals surface area contributed by atoms with Crippen molar-refractivity contribution < 1.29 is 0 Å². The Bertz CT molecular complexity index is 3700. The van der Waals surface area contributed by atoms with Gasteiger partial charge in [0.15, 0.2) is 0 Å². The van der Waals surface area contributed by atoms with E-state index in [1.807, 2.05) is 0 Å². The van der Waals surface area contributed by atoms with Crippen LogP contribution in [0.3, 0.4) is 0 Å². The summed E-state index contributed by atoms with van der Waals surface area (Å²) in [5.74, 6) is 0. The second-order valence-corrected chi connectivity index (χ2v) is 17.6. The van der Waals surface area contributed by atoms with E-state index in [0.717, 1.165) is 17.1 Å². The van der Waals surface area contributed by atoms with E-state index in [4.69, 9.17) is 0 Å². The summed E-state index contributed by atoms with van der Waals surface area (Å²) in [6.07, 6.45) is 0. The molecule has 12 rings (SSSR count). The summed E-state index contributed by atoms with van der Waals surface area (Å²) in [6, 6.07) is 103. The first-order valence-electron chi connectivity index (χ1n) is 23.7. The van der Waals surface area contributed by atoms with Crippen LogP contribution in [0.2, 0.25) is 0 Å². The molecule has 1 heteroatoms. The average molecular weight is 878 g/mol. The Morgan fingerprint density at radius 3 is 0.971 bits per heavy atom. The molecule has 69 heavy (non-hydrogen) atoms. The van der Waals surface area contributed by atoms with Gasteiger partial charge in [-0.1, -0.05) is 243 Å². The molecule has 0 fully saturated rings. The van der Waals surface area contributed by atoms with Crippen molar-refractivity contribution in [3.8, 4) is 77.9 Å². The van der Waals surface area contributed by atoms with Crippen molar-refractivity contribution in [1.82, 2.24) is 0 Å². The van der Waals surface area contributed by atoms with Crippen LogP contribution in [0.15, 0.2) is 285 Å². The Balaban J connectivity index is 0.957. The summed E-state index contributed by atoms with van der Waals surface area (Å²) in [6.45, 7) is 0. The molecule has 0 atom stereocenters. The molecule has 0 amide bonds. The third-order valence-electron chi connectivity index (χ3n) is 13.5. The van der Waals surface area contributed by atoms with Crippen molar-refractivity contribution >= 4 is 38.6 Å². The topological polar surface area (TPSA) is 3.24 Å². The number of hydrogen-bond donors (Lipinski definition) is 0. The molecule has 0 saturated heterocycles. The van der Waals surface area contributed by atoms with E-state index < -0.39 is 0 Å². The van der Waals surface area contributed by atoms with Gasteiger partial charge in [-0.2, -0.15) is 0 Å². The number of benzene rings is 12. The minimum atomic E-state index is 1.08. The van der Waals surface area contributed by atoms with Gasteiger partial charge < -0.3 is 4.90 Å². The summed E-state index contributed by atoms with van der Waals surface area (Å²) < 4.78 is 0. The molecule has 0 aliphatic heterocycles. The third kappa shape index (κ3) is 7.97. The SMILES string of the molecule is c1ccc(-c2ccc(N(c3ccc(-c4ccc5c(-c6ccccc6)c(-c6ccccc6)c6ccccc6c5c4)cc3)c3ccc(-c4cccc(-c5ccccc5)c4-c4ccccc4)cc3)cc2)cc1. The van der Waals surface area contributed by atoms with Gasteiger partial charge in [-0.15, -0.1) is 0 Å². The highest BCUT2D eigenvalue weighted by molar-refractivity contribution is 6.22. The first-order valence-corrected chi connectivity index (χ1v) is 23.7. The first kappa shape index (κ1) is 41.4. The molecule has 0 N–H and O–H groups in total. The zero-order valence-electron chi connectivity index (χ0n) is 38.1. The maximum absolute atomic E-state index is 2.39. The van der Waals surface area contributed by atoms with Gasteiger partial charge in [0.2, 0.25) is 0 Å². The fourth-order valence-electron chi connectivity index (χ4n) is 10.2. The van der Waals surface area contributed by atoms with Gasteiger partial charge in [-0.3, -0.25) is 0 Å². The molecule has 12 aromatic rings. The van der Waals surface area contributed by atoms with Crippen LogP contribution in [0.4, 0.5) is 17.1 Å². The van der Waals surface area contributed by atoms with Crippen LogP contribution in [-0.4, -0.2) is 0 Å². The van der Waals surface area contributed by atoms with E-state index in [0.29, 0.717) is 0 Å². The molecular formula is C68H47N. The quantitative estimate of drug-likeness (QED) is 0.124. The van der Waals surface area contributed by atoms with E-state index in [1.54, 1.807) is 0 Å². The normalized spacial score (nSPS) is 11.2. The van der Waals surface area contributed by atoms with E-state index in [1.165, 1.54) is 99.4 Å². The highest BCUT2D eigenvalue weighted by Crippen LogP contribution is 2.46. The third-order valence-corrected chi connectivity index (χ3v) is 13.5. The Morgan fingerprint density at radius 1 is 0.174 bits per heavy atom. The smallest absolute Gasteiger partial charge is 0.0462 e. The highest BCUT2D eigenvalue weighted by Gasteiger charge is 2.20. The van der Waals surface area contributed by atoms with Crippen LogP contribution < -0.4 is 4.90 Å². The molecule has 324 valence electrons. The molecule has 12 aromatic carbocycles. The zero-order valence-corrected chi connectivity index (χ0v) is 38.1. The number of nitrogens with zero attached hydrogens (tertiary/aromatic N) is 1. The monoisotopic (exact) mass is 877 g/mol. The van der Waals surface area contributed by atoms with Crippen LogP contribution in [0.25, 0.3) is 99.4 Å². The Kier molecular flexibility index (Phi) is 11.0. The maximum atomic E-state index is 2.39. The van der Waals surface area contributed by atoms with Gasteiger partial charge in [-0.25, -0.2) is 0 Å². The Hall–Kier alpha value is -9.04. The van der Waals surface area contributed by atoms with E-state index in [2.05, 4.69) is 290 Å². The summed E-state index contributed by atoms with van der Waals surface area (Å²) in [5.41, 5.74) is 20.2. The van der Waals surface area contributed by atoms with Gasteiger partial charge in [-0.05, 0) is 142 Å². The van der Waals surface area contributed by atoms with Crippen LogP contribution in [0, 0.1) is 0 Å². The molecule has 0 spiro atoms. The van der Waals surface area contributed by atoms with Crippen LogP contribution in [0.1, 0.15) is 0 Å². The van der Waals surface area contributed by atoms with Crippen molar-refractivity contribution in [3.05, 3.63) is 285 Å². The minimum Gasteiger partial charge on any atom is -0.311 e. The first-order chi connectivity index (χ1) is 34.2. The molecule has 0 saturated carbocycles. The number of anilines is 3. The van der Waals surface area contributed by atoms with Crippen molar-refractivity contribution in [2.75, 3.05) is 4.90 Å². The lowest BCUT2D eigenvalue weighted by Crippen LogP contribution is -2.09. The number of hydrogen-bond acceptors (Lipinski definition) is 1. The molecule has 0 aliphatic carbocycles. The highest BCUT2D eigenvalue weighted by atomic mass is 15.1. The van der Waals surface area contributed by atoms with Crippen LogP contribution in [-0.2, 0) is 0 Å². The van der Waals surface area contributed by atoms with Crippen molar-refractivity contribution in [2.45, 2.75) is 0 Å². The van der Waals surface area contributed by atoms with Crippen molar-refractivity contribution in [1.29, 1.82) is 0 Å². The number of rotatable bonds is 10. The summed E-state index contributed by atoms with van der Waals surface area (Å²) >= 11 is 0. The van der Waals surface area contributed by atoms with Gasteiger partial charge in [0.1, 0.15) is 0 Å². The van der Waals surface area contributed by atoms with E-state index >= 15 is 0 Å². The largest absolute Gasteiger partial charge is 0.311 e. The summed E-state index contributed by atoms with van der Waals surface area (Å²) in [7, 11) is 0. The lowest BCUT2D eigenvalue weighted by molar-refractivity contribution is 1.28. The van der Waals surface area contributed by atoms with Gasteiger partial charge in [0, 0.05) is 17.1 Å². The van der Waals surface area contributed by atoms with Gasteiger partial charge in [0.25, 0.3) is 0 Å². The zero-order chi connectivity index (χ0) is 45.9. The van der Waals surface area contributed by atoms with Crippen molar-refractivity contribution in [2.24, 2.45) is 0 Å². The predicted molar refractivity (Wildman–Crippen MR) is 294 cm³/mol. The molecule has 0 unspecified atom stereocenters. The predicted octanol–water partition coefficient (Wildman–Crippen LogP) is 19.1. The maximum Gasteiger partial charge on any atom is 0.0462 e. The fourth-order valence-corrected chi connectivity index (χ4v) is 10.2.